The van der Waals surface area contributed by atoms with Crippen LogP contribution in [0.3, 0.4) is 0 Å². The van der Waals surface area contributed by atoms with Crippen LogP contribution in [0.4, 0.5) is 5.69 Å². The summed E-state index contributed by atoms with van der Waals surface area (Å²) in [5.41, 5.74) is 0.504. The highest BCUT2D eigenvalue weighted by Crippen LogP contribution is 2.21. The van der Waals surface area contributed by atoms with Crippen molar-refractivity contribution in [2.45, 2.75) is 36.5 Å². The van der Waals surface area contributed by atoms with Gasteiger partial charge in [-0.25, -0.2) is 8.42 Å². The van der Waals surface area contributed by atoms with Gasteiger partial charge in [0.2, 0.25) is 15.9 Å². The number of nitrogens with one attached hydrogen (secondary N) is 1. The minimum Gasteiger partial charge on any atom is -0.326 e. The largest absolute Gasteiger partial charge is 0.326 e. The van der Waals surface area contributed by atoms with Gasteiger partial charge in [0.05, 0.1) is 4.90 Å². The van der Waals surface area contributed by atoms with Gasteiger partial charge in [0.1, 0.15) is 0 Å². The Labute approximate surface area is 166 Å². The van der Waals surface area contributed by atoms with E-state index < -0.39 is 10.0 Å². The summed E-state index contributed by atoms with van der Waals surface area (Å²) in [4.78, 5) is 13.5. The highest BCUT2D eigenvalue weighted by atomic mass is 32.2. The number of carbonyl (C=O) groups excluding carboxylic acids is 1. The van der Waals surface area contributed by atoms with E-state index >= 15 is 0 Å². The standard InChI is InChI=1S/C20H26N2O3S2/c1-3-22(4-2)27(24,25)19-13-8-10-17(16-19)21-20(23)14-9-15-26-18-11-6-5-7-12-18/h5-8,10-13,16H,3-4,9,14-15H2,1-2H3,(H,21,23). The SMILES string of the molecule is CCN(CC)S(=O)(=O)c1cccc(NC(=O)CCCSc2ccccc2)c1. The summed E-state index contributed by atoms with van der Waals surface area (Å²) in [5, 5.41) is 2.80. The summed E-state index contributed by atoms with van der Waals surface area (Å²) < 4.78 is 26.6. The molecule has 1 amide bonds. The first-order valence-corrected chi connectivity index (χ1v) is 11.5. The summed E-state index contributed by atoms with van der Waals surface area (Å²) in [7, 11) is -3.53. The predicted octanol–water partition coefficient (Wildman–Crippen LogP) is 4.23. The van der Waals surface area contributed by atoms with E-state index in [0.717, 1.165) is 12.2 Å². The molecule has 0 aliphatic carbocycles. The first-order valence-electron chi connectivity index (χ1n) is 9.05. The number of carbonyl (C=O) groups is 1. The summed E-state index contributed by atoms with van der Waals surface area (Å²) in [6.07, 6.45) is 1.15. The number of hydrogen-bond acceptors (Lipinski definition) is 4. The predicted molar refractivity (Wildman–Crippen MR) is 112 cm³/mol. The van der Waals surface area contributed by atoms with Gasteiger partial charge in [-0.15, -0.1) is 11.8 Å². The molecule has 0 unspecified atom stereocenters. The number of thioether (sulfide) groups is 1. The van der Waals surface area contributed by atoms with Crippen molar-refractivity contribution in [2.75, 3.05) is 24.2 Å². The van der Waals surface area contributed by atoms with Crippen molar-refractivity contribution in [3.05, 3.63) is 54.6 Å². The normalized spacial score (nSPS) is 11.5. The molecule has 0 spiro atoms. The zero-order valence-corrected chi connectivity index (χ0v) is 17.4. The van der Waals surface area contributed by atoms with E-state index in [9.17, 15) is 13.2 Å². The molecule has 0 aliphatic heterocycles. The van der Waals surface area contributed by atoms with Gasteiger partial charge in [-0.1, -0.05) is 38.1 Å². The molecule has 27 heavy (non-hydrogen) atoms. The van der Waals surface area contributed by atoms with Crippen LogP contribution in [0.2, 0.25) is 0 Å². The molecular weight excluding hydrogens is 380 g/mol. The highest BCUT2D eigenvalue weighted by molar-refractivity contribution is 7.99. The van der Waals surface area contributed by atoms with Gasteiger partial charge in [0.15, 0.2) is 0 Å². The summed E-state index contributed by atoms with van der Waals surface area (Å²) >= 11 is 1.72. The minimum atomic E-state index is -3.53. The molecule has 146 valence electrons. The van der Waals surface area contributed by atoms with Crippen LogP contribution in [-0.4, -0.2) is 37.5 Å². The Morgan fingerprint density at radius 1 is 1.04 bits per heavy atom. The Hall–Kier alpha value is -1.83. The number of amides is 1. The van der Waals surface area contributed by atoms with Crippen LogP contribution in [0, 0.1) is 0 Å². The molecule has 7 heteroatoms. The lowest BCUT2D eigenvalue weighted by Crippen LogP contribution is -2.30. The van der Waals surface area contributed by atoms with Gasteiger partial charge in [0.25, 0.3) is 0 Å². The van der Waals surface area contributed by atoms with Crippen molar-refractivity contribution < 1.29 is 13.2 Å². The first-order chi connectivity index (χ1) is 13.0. The van der Waals surface area contributed by atoms with Crippen molar-refractivity contribution in [1.29, 1.82) is 0 Å². The van der Waals surface area contributed by atoms with E-state index in [1.54, 1.807) is 43.8 Å². The lowest BCUT2D eigenvalue weighted by Gasteiger charge is -2.18. The zero-order chi connectivity index (χ0) is 19.7. The van der Waals surface area contributed by atoms with E-state index in [1.165, 1.54) is 15.3 Å². The third-order valence-corrected chi connectivity index (χ3v) is 7.17. The Morgan fingerprint density at radius 2 is 1.74 bits per heavy atom. The zero-order valence-electron chi connectivity index (χ0n) is 15.7. The smallest absolute Gasteiger partial charge is 0.243 e. The molecule has 0 aromatic heterocycles. The molecule has 2 aromatic carbocycles. The molecule has 0 heterocycles. The summed E-state index contributed by atoms with van der Waals surface area (Å²) in [6, 6.07) is 16.5. The molecule has 2 aromatic rings. The number of anilines is 1. The number of rotatable bonds is 10. The third-order valence-electron chi connectivity index (χ3n) is 4.02. The molecule has 0 aliphatic rings. The van der Waals surface area contributed by atoms with Crippen LogP contribution in [0.5, 0.6) is 0 Å². The van der Waals surface area contributed by atoms with Crippen molar-refractivity contribution in [3.63, 3.8) is 0 Å². The number of nitrogens with zero attached hydrogens (tertiary/aromatic N) is 1. The number of benzene rings is 2. The molecule has 5 nitrogen and oxygen atoms in total. The average molecular weight is 407 g/mol. The maximum absolute atomic E-state index is 12.6. The van der Waals surface area contributed by atoms with E-state index in [4.69, 9.17) is 0 Å². The van der Waals surface area contributed by atoms with Crippen molar-refractivity contribution in [2.24, 2.45) is 0 Å². The lowest BCUT2D eigenvalue weighted by atomic mass is 10.3. The molecule has 0 saturated heterocycles. The second-order valence-electron chi connectivity index (χ2n) is 5.93. The molecule has 0 fully saturated rings. The second kappa shape index (κ2) is 10.5. The van der Waals surface area contributed by atoms with Crippen LogP contribution in [0.1, 0.15) is 26.7 Å². The third kappa shape index (κ3) is 6.37. The minimum absolute atomic E-state index is 0.110. The molecule has 0 bridgehead atoms. The molecule has 0 radical (unpaired) electrons. The van der Waals surface area contributed by atoms with E-state index in [-0.39, 0.29) is 10.8 Å². The van der Waals surface area contributed by atoms with E-state index in [2.05, 4.69) is 5.32 Å². The Bertz CT molecular complexity index is 835. The molecule has 0 atom stereocenters. The number of sulfonamides is 1. The van der Waals surface area contributed by atoms with Crippen LogP contribution in [-0.2, 0) is 14.8 Å². The second-order valence-corrected chi connectivity index (χ2v) is 9.04. The fraction of sp³-hybridized carbons (Fsp3) is 0.350. The monoisotopic (exact) mass is 406 g/mol. The molecule has 1 N–H and O–H groups in total. The van der Waals surface area contributed by atoms with E-state index in [1.807, 2.05) is 30.3 Å². The fourth-order valence-electron chi connectivity index (χ4n) is 2.61. The first kappa shape index (κ1) is 21.5. The maximum atomic E-state index is 12.6. The topological polar surface area (TPSA) is 66.5 Å². The number of hydrogen-bond donors (Lipinski definition) is 1. The summed E-state index contributed by atoms with van der Waals surface area (Å²) in [6.45, 7) is 4.43. The van der Waals surface area contributed by atoms with Crippen LogP contribution in [0.15, 0.2) is 64.4 Å². The lowest BCUT2D eigenvalue weighted by molar-refractivity contribution is -0.116. The maximum Gasteiger partial charge on any atom is 0.243 e. The average Bonchev–Trinajstić information content (AvgIpc) is 2.67. The van der Waals surface area contributed by atoms with E-state index in [0.29, 0.717) is 25.2 Å². The van der Waals surface area contributed by atoms with Crippen molar-refractivity contribution in [3.8, 4) is 0 Å². The molecule has 2 rings (SSSR count). The van der Waals surface area contributed by atoms with Crippen molar-refractivity contribution in [1.82, 2.24) is 4.31 Å². The van der Waals surface area contributed by atoms with Crippen LogP contribution in [0.25, 0.3) is 0 Å². The van der Waals surface area contributed by atoms with Crippen LogP contribution >= 0.6 is 11.8 Å². The van der Waals surface area contributed by atoms with Crippen LogP contribution < -0.4 is 5.32 Å². The Balaban J connectivity index is 1.89. The quantitative estimate of drug-likeness (QED) is 0.474. The van der Waals surface area contributed by atoms with Gasteiger partial charge >= 0.3 is 0 Å². The highest BCUT2D eigenvalue weighted by Gasteiger charge is 2.21. The molecule has 0 saturated carbocycles. The van der Waals surface area contributed by atoms with Gasteiger partial charge in [0, 0.05) is 30.1 Å². The Kier molecular flexibility index (Phi) is 8.34. The fourth-order valence-corrected chi connectivity index (χ4v) is 4.99. The van der Waals surface area contributed by atoms with Gasteiger partial charge < -0.3 is 5.32 Å². The van der Waals surface area contributed by atoms with Gasteiger partial charge in [-0.3, -0.25) is 4.79 Å². The summed E-state index contributed by atoms with van der Waals surface area (Å²) in [5.74, 6) is 0.745. The Morgan fingerprint density at radius 3 is 2.41 bits per heavy atom. The van der Waals surface area contributed by atoms with Crippen molar-refractivity contribution >= 4 is 33.4 Å². The van der Waals surface area contributed by atoms with Gasteiger partial charge in [-0.05, 0) is 42.5 Å². The molecular formula is C20H26N2O3S2. The van der Waals surface area contributed by atoms with Gasteiger partial charge in [-0.2, -0.15) is 4.31 Å².